The molecule has 29 heavy (non-hydrogen) atoms. The number of ether oxygens (including phenoxy) is 3. The molecule has 1 amide bonds. The first-order valence-corrected chi connectivity index (χ1v) is 9.91. The molecule has 1 aromatic heterocycles. The smallest absolute Gasteiger partial charge is 0.268 e. The van der Waals surface area contributed by atoms with Gasteiger partial charge < -0.3 is 24.1 Å². The maximum Gasteiger partial charge on any atom is 0.268 e. The molecular formula is C22H23ClN2O4. The number of nitrogens with one attached hydrogen (secondary N) is 1. The van der Waals surface area contributed by atoms with Crippen molar-refractivity contribution in [2.45, 2.75) is 32.5 Å². The molecule has 1 aliphatic rings. The van der Waals surface area contributed by atoms with Crippen LogP contribution in [0.3, 0.4) is 0 Å². The molecule has 3 aromatic rings. The van der Waals surface area contributed by atoms with Gasteiger partial charge >= 0.3 is 0 Å². The van der Waals surface area contributed by atoms with E-state index in [-0.39, 0.29) is 12.0 Å². The fourth-order valence-corrected chi connectivity index (χ4v) is 3.99. The molecule has 2 aromatic carbocycles. The van der Waals surface area contributed by atoms with E-state index in [0.717, 1.165) is 28.6 Å². The van der Waals surface area contributed by atoms with Crippen molar-refractivity contribution < 1.29 is 19.0 Å². The third-order valence-corrected chi connectivity index (χ3v) is 5.59. The van der Waals surface area contributed by atoms with Gasteiger partial charge in [0.15, 0.2) is 11.5 Å². The van der Waals surface area contributed by atoms with Gasteiger partial charge in [0, 0.05) is 17.5 Å². The largest absolute Gasteiger partial charge is 0.493 e. The van der Waals surface area contributed by atoms with E-state index in [1.165, 1.54) is 0 Å². The summed E-state index contributed by atoms with van der Waals surface area (Å²) < 4.78 is 18.8. The van der Waals surface area contributed by atoms with Gasteiger partial charge in [0.1, 0.15) is 17.5 Å². The maximum atomic E-state index is 13.1. The van der Waals surface area contributed by atoms with Gasteiger partial charge in [-0.3, -0.25) is 4.79 Å². The summed E-state index contributed by atoms with van der Waals surface area (Å²) in [5.74, 6) is 1.82. The van der Waals surface area contributed by atoms with Crippen LogP contribution < -0.4 is 19.5 Å². The van der Waals surface area contributed by atoms with Crippen molar-refractivity contribution >= 4 is 28.4 Å². The average Bonchev–Trinajstić information content (AvgIpc) is 3.14. The maximum absolute atomic E-state index is 13.1. The molecule has 7 heteroatoms. The molecule has 0 unspecified atom stereocenters. The molecule has 0 spiro atoms. The number of benzene rings is 2. The molecular weight excluding hydrogens is 392 g/mol. The van der Waals surface area contributed by atoms with E-state index in [4.69, 9.17) is 25.8 Å². The Labute approximate surface area is 174 Å². The molecule has 1 atom stereocenters. The van der Waals surface area contributed by atoms with Crippen molar-refractivity contribution in [3.63, 3.8) is 0 Å². The molecule has 0 aliphatic carbocycles. The van der Waals surface area contributed by atoms with Gasteiger partial charge in [-0.05, 0) is 30.7 Å². The lowest BCUT2D eigenvalue weighted by atomic mass is 10.2. The standard InChI is InChI=1S/C22H23ClN2O4/c1-4-14-12-25-17(10-15-16(23)8-9-18(29-14)20(15)25)22(26)24-11-13-6-5-7-19(27-2)21(13)28-3/h5-10,14H,4,11-12H2,1-3H3,(H,24,26)/t14-/m0/s1. The number of para-hydroxylation sites is 1. The molecule has 0 saturated carbocycles. The predicted molar refractivity (Wildman–Crippen MR) is 112 cm³/mol. The van der Waals surface area contributed by atoms with Gasteiger partial charge in [-0.25, -0.2) is 0 Å². The van der Waals surface area contributed by atoms with E-state index in [0.29, 0.717) is 35.3 Å². The molecule has 0 bridgehead atoms. The molecule has 152 valence electrons. The van der Waals surface area contributed by atoms with Gasteiger partial charge in [-0.1, -0.05) is 30.7 Å². The molecule has 1 aliphatic heterocycles. The fraction of sp³-hybridized carbons (Fsp3) is 0.318. The summed E-state index contributed by atoms with van der Waals surface area (Å²) in [6.45, 7) is 2.99. The Morgan fingerprint density at radius 2 is 2.10 bits per heavy atom. The highest BCUT2D eigenvalue weighted by Gasteiger charge is 2.27. The van der Waals surface area contributed by atoms with Crippen LogP contribution in [-0.2, 0) is 13.1 Å². The van der Waals surface area contributed by atoms with Crippen LogP contribution in [0.2, 0.25) is 5.02 Å². The molecule has 1 N–H and O–H groups in total. The predicted octanol–water partition coefficient (Wildman–Crippen LogP) is 4.41. The Bertz CT molecular complexity index is 1080. The van der Waals surface area contributed by atoms with E-state index in [1.54, 1.807) is 14.2 Å². The van der Waals surface area contributed by atoms with E-state index < -0.39 is 0 Å². The van der Waals surface area contributed by atoms with Crippen molar-refractivity contribution in [1.82, 2.24) is 9.88 Å². The second-order valence-electron chi connectivity index (χ2n) is 6.93. The molecule has 6 nitrogen and oxygen atoms in total. The van der Waals surface area contributed by atoms with Crippen molar-refractivity contribution in [3.8, 4) is 17.2 Å². The van der Waals surface area contributed by atoms with Crippen LogP contribution in [0, 0.1) is 0 Å². The Morgan fingerprint density at radius 1 is 1.28 bits per heavy atom. The van der Waals surface area contributed by atoms with Crippen LogP contribution in [0.25, 0.3) is 10.9 Å². The zero-order valence-corrected chi connectivity index (χ0v) is 17.4. The Hall–Kier alpha value is -2.86. The summed E-state index contributed by atoms with van der Waals surface area (Å²) in [4.78, 5) is 13.1. The summed E-state index contributed by atoms with van der Waals surface area (Å²) in [7, 11) is 3.17. The van der Waals surface area contributed by atoms with Crippen LogP contribution in [-0.4, -0.2) is 30.8 Å². The second kappa shape index (κ2) is 7.87. The van der Waals surface area contributed by atoms with Crippen molar-refractivity contribution in [3.05, 3.63) is 52.7 Å². The van der Waals surface area contributed by atoms with Gasteiger partial charge in [-0.15, -0.1) is 0 Å². The fourth-order valence-electron chi connectivity index (χ4n) is 3.78. The van der Waals surface area contributed by atoms with Crippen LogP contribution in [0.5, 0.6) is 17.2 Å². The van der Waals surface area contributed by atoms with Crippen LogP contribution in [0.15, 0.2) is 36.4 Å². The first-order valence-electron chi connectivity index (χ1n) is 9.53. The number of hydrogen-bond donors (Lipinski definition) is 1. The highest BCUT2D eigenvalue weighted by molar-refractivity contribution is 6.36. The third kappa shape index (κ3) is 3.38. The highest BCUT2D eigenvalue weighted by Crippen LogP contribution is 2.38. The Balaban J connectivity index is 1.66. The molecule has 2 heterocycles. The summed E-state index contributed by atoms with van der Waals surface area (Å²) in [5.41, 5.74) is 2.27. The lowest BCUT2D eigenvalue weighted by Gasteiger charge is -2.26. The first kappa shape index (κ1) is 19.5. The molecule has 0 saturated heterocycles. The molecule has 0 fully saturated rings. The average molecular weight is 415 g/mol. The van der Waals surface area contributed by atoms with Crippen molar-refractivity contribution in [2.75, 3.05) is 14.2 Å². The lowest BCUT2D eigenvalue weighted by Crippen LogP contribution is -2.31. The number of aromatic nitrogens is 1. The van der Waals surface area contributed by atoms with E-state index in [9.17, 15) is 4.79 Å². The van der Waals surface area contributed by atoms with Crippen LogP contribution in [0.1, 0.15) is 29.4 Å². The number of nitrogens with zero attached hydrogens (tertiary/aromatic N) is 1. The second-order valence-corrected chi connectivity index (χ2v) is 7.34. The number of hydrogen-bond acceptors (Lipinski definition) is 4. The minimum absolute atomic E-state index is 0.0179. The highest BCUT2D eigenvalue weighted by atomic mass is 35.5. The minimum atomic E-state index is -0.176. The number of halogens is 1. The number of carbonyl (C=O) groups is 1. The van der Waals surface area contributed by atoms with E-state index in [2.05, 4.69) is 12.2 Å². The zero-order chi connectivity index (χ0) is 20.5. The topological polar surface area (TPSA) is 61.7 Å². The van der Waals surface area contributed by atoms with Gasteiger partial charge in [0.2, 0.25) is 0 Å². The van der Waals surface area contributed by atoms with E-state index >= 15 is 0 Å². The first-order chi connectivity index (χ1) is 14.1. The molecule has 4 rings (SSSR count). The van der Waals surface area contributed by atoms with Gasteiger partial charge in [0.25, 0.3) is 5.91 Å². The van der Waals surface area contributed by atoms with E-state index in [1.807, 2.05) is 41.0 Å². The lowest BCUT2D eigenvalue weighted by molar-refractivity contribution is 0.0935. The molecule has 0 radical (unpaired) electrons. The number of methoxy groups -OCH3 is 2. The summed E-state index contributed by atoms with van der Waals surface area (Å²) >= 11 is 6.39. The number of carbonyl (C=O) groups excluding carboxylic acids is 1. The number of rotatable bonds is 6. The minimum Gasteiger partial charge on any atom is -0.493 e. The van der Waals surface area contributed by atoms with Gasteiger partial charge in [-0.2, -0.15) is 0 Å². The van der Waals surface area contributed by atoms with Crippen LogP contribution in [0.4, 0.5) is 0 Å². The summed E-state index contributed by atoms with van der Waals surface area (Å²) in [6.07, 6.45) is 0.869. The SMILES string of the molecule is CC[C@H]1Cn2c(C(=O)NCc3cccc(OC)c3OC)cc3c(Cl)ccc(c32)O1. The van der Waals surface area contributed by atoms with Crippen molar-refractivity contribution in [2.24, 2.45) is 0 Å². The van der Waals surface area contributed by atoms with Crippen LogP contribution >= 0.6 is 11.6 Å². The summed E-state index contributed by atoms with van der Waals surface area (Å²) in [6, 6.07) is 11.1. The zero-order valence-electron chi connectivity index (χ0n) is 16.6. The Kier molecular flexibility index (Phi) is 5.28. The van der Waals surface area contributed by atoms with Gasteiger partial charge in [0.05, 0.1) is 31.3 Å². The quantitative estimate of drug-likeness (QED) is 0.648. The monoisotopic (exact) mass is 414 g/mol. The Morgan fingerprint density at radius 3 is 2.83 bits per heavy atom. The van der Waals surface area contributed by atoms with Crippen molar-refractivity contribution in [1.29, 1.82) is 0 Å². The summed E-state index contributed by atoms with van der Waals surface area (Å²) in [5, 5.41) is 4.42. The normalized spacial score (nSPS) is 15.1. The number of amides is 1. The third-order valence-electron chi connectivity index (χ3n) is 5.26.